The van der Waals surface area contributed by atoms with Gasteiger partial charge in [0.25, 0.3) is 0 Å². The summed E-state index contributed by atoms with van der Waals surface area (Å²) in [6.07, 6.45) is 3.94. The Labute approximate surface area is 115 Å². The van der Waals surface area contributed by atoms with Gasteiger partial charge in [-0.25, -0.2) is 0 Å². The predicted molar refractivity (Wildman–Crippen MR) is 76.9 cm³/mol. The lowest BCUT2D eigenvalue weighted by Gasteiger charge is -2.12. The second-order valence-electron chi connectivity index (χ2n) is 4.02. The maximum atomic E-state index is 5.74. The summed E-state index contributed by atoms with van der Waals surface area (Å²) < 4.78 is 16.0. The molecule has 0 bridgehead atoms. The van der Waals surface area contributed by atoms with E-state index in [2.05, 4.69) is 5.32 Å². The molecule has 0 fully saturated rings. The van der Waals surface area contributed by atoms with Crippen LogP contribution in [0.5, 0.6) is 11.5 Å². The number of nitrogens with one attached hydrogen (secondary N) is 1. The topological polar surface area (TPSA) is 39.7 Å². The molecule has 4 nitrogen and oxygen atoms in total. The minimum Gasteiger partial charge on any atom is -0.497 e. The number of hydrogen-bond acceptors (Lipinski definition) is 4. The lowest BCUT2D eigenvalue weighted by Crippen LogP contribution is -2.19. The van der Waals surface area contributed by atoms with Crippen LogP contribution >= 0.6 is 0 Å². The highest BCUT2D eigenvalue weighted by Crippen LogP contribution is 2.24. The van der Waals surface area contributed by atoms with E-state index in [-0.39, 0.29) is 0 Å². The van der Waals surface area contributed by atoms with Crippen LogP contribution in [0.4, 0.5) is 0 Å². The zero-order valence-corrected chi connectivity index (χ0v) is 11.9. The van der Waals surface area contributed by atoms with Crippen molar-refractivity contribution in [2.24, 2.45) is 0 Å². The molecule has 0 atom stereocenters. The maximum absolute atomic E-state index is 5.74. The van der Waals surface area contributed by atoms with Crippen molar-refractivity contribution in [3.63, 3.8) is 0 Å². The fourth-order valence-corrected chi connectivity index (χ4v) is 1.57. The van der Waals surface area contributed by atoms with Gasteiger partial charge >= 0.3 is 0 Å². The standard InChI is InChI=1S/C15H23NO3/c1-4-5-9-19-15-11-14(18-3)7-6-13(15)12-16-8-10-17-2/h4-7,11,16H,8-10,12H2,1-3H3. The number of hydrogen-bond donors (Lipinski definition) is 1. The van der Waals surface area contributed by atoms with E-state index in [1.165, 1.54) is 0 Å². The van der Waals surface area contributed by atoms with E-state index < -0.39 is 0 Å². The molecule has 1 aromatic rings. The number of methoxy groups -OCH3 is 2. The minimum absolute atomic E-state index is 0.564. The summed E-state index contributed by atoms with van der Waals surface area (Å²) in [5, 5.41) is 3.31. The quantitative estimate of drug-likeness (QED) is 0.550. The second kappa shape index (κ2) is 9.42. The van der Waals surface area contributed by atoms with Gasteiger partial charge in [0.05, 0.1) is 13.7 Å². The average molecular weight is 265 g/mol. The predicted octanol–water partition coefficient (Wildman–Crippen LogP) is 2.39. The van der Waals surface area contributed by atoms with Crippen LogP contribution < -0.4 is 14.8 Å². The molecule has 106 valence electrons. The summed E-state index contributed by atoms with van der Waals surface area (Å²) in [5.74, 6) is 1.65. The Kier molecular flexibility index (Phi) is 7.70. The summed E-state index contributed by atoms with van der Waals surface area (Å²) >= 11 is 0. The van der Waals surface area contributed by atoms with E-state index in [1.54, 1.807) is 14.2 Å². The van der Waals surface area contributed by atoms with Gasteiger partial charge in [-0.05, 0) is 13.0 Å². The zero-order valence-electron chi connectivity index (χ0n) is 11.9. The van der Waals surface area contributed by atoms with E-state index in [1.807, 2.05) is 37.3 Å². The third-order valence-corrected chi connectivity index (χ3v) is 2.64. The molecule has 0 aliphatic heterocycles. The van der Waals surface area contributed by atoms with Crippen molar-refractivity contribution in [3.8, 4) is 11.5 Å². The first-order valence-electron chi connectivity index (χ1n) is 6.42. The molecule has 1 aromatic carbocycles. The monoisotopic (exact) mass is 265 g/mol. The molecular formula is C15H23NO3. The van der Waals surface area contributed by atoms with E-state index >= 15 is 0 Å². The van der Waals surface area contributed by atoms with Crippen LogP contribution in [0, 0.1) is 0 Å². The van der Waals surface area contributed by atoms with Crippen LogP contribution in [0.3, 0.4) is 0 Å². The summed E-state index contributed by atoms with van der Waals surface area (Å²) in [6.45, 7) is 4.80. The number of benzene rings is 1. The van der Waals surface area contributed by atoms with Gasteiger partial charge in [-0.15, -0.1) is 0 Å². The Balaban J connectivity index is 2.65. The highest BCUT2D eigenvalue weighted by atomic mass is 16.5. The molecule has 0 spiro atoms. The minimum atomic E-state index is 0.564. The highest BCUT2D eigenvalue weighted by Gasteiger charge is 2.05. The Morgan fingerprint density at radius 2 is 2.11 bits per heavy atom. The van der Waals surface area contributed by atoms with Crippen LogP contribution in [0.25, 0.3) is 0 Å². The van der Waals surface area contributed by atoms with Crippen LogP contribution in [0.15, 0.2) is 30.4 Å². The van der Waals surface area contributed by atoms with Crippen LogP contribution in [-0.2, 0) is 11.3 Å². The number of allylic oxidation sites excluding steroid dienone is 1. The van der Waals surface area contributed by atoms with E-state index in [0.717, 1.165) is 30.2 Å². The molecule has 0 saturated carbocycles. The van der Waals surface area contributed by atoms with E-state index in [9.17, 15) is 0 Å². The third-order valence-electron chi connectivity index (χ3n) is 2.64. The van der Waals surface area contributed by atoms with Gasteiger partial charge in [-0.3, -0.25) is 0 Å². The summed E-state index contributed by atoms with van der Waals surface area (Å²) in [5.41, 5.74) is 1.11. The first-order chi connectivity index (χ1) is 9.31. The molecule has 0 aromatic heterocycles. The largest absolute Gasteiger partial charge is 0.497 e. The fourth-order valence-electron chi connectivity index (χ4n) is 1.57. The van der Waals surface area contributed by atoms with Crippen LogP contribution in [-0.4, -0.2) is 34.0 Å². The van der Waals surface area contributed by atoms with Crippen LogP contribution in [0.2, 0.25) is 0 Å². The van der Waals surface area contributed by atoms with Crippen molar-refractivity contribution < 1.29 is 14.2 Å². The van der Waals surface area contributed by atoms with Gasteiger partial charge in [0, 0.05) is 31.8 Å². The van der Waals surface area contributed by atoms with Gasteiger partial charge in [-0.2, -0.15) is 0 Å². The smallest absolute Gasteiger partial charge is 0.127 e. The molecule has 0 aliphatic carbocycles. The number of ether oxygens (including phenoxy) is 3. The highest BCUT2D eigenvalue weighted by molar-refractivity contribution is 5.40. The van der Waals surface area contributed by atoms with Gasteiger partial charge < -0.3 is 19.5 Å². The Morgan fingerprint density at radius 3 is 2.79 bits per heavy atom. The molecule has 0 unspecified atom stereocenters. The van der Waals surface area contributed by atoms with E-state index in [0.29, 0.717) is 13.2 Å². The Hall–Kier alpha value is -1.52. The summed E-state index contributed by atoms with van der Waals surface area (Å²) in [7, 11) is 3.35. The molecule has 0 amide bonds. The average Bonchev–Trinajstić information content (AvgIpc) is 2.45. The SMILES string of the molecule is CC=CCOc1cc(OC)ccc1CNCCOC. The molecule has 0 aliphatic rings. The van der Waals surface area contributed by atoms with Crippen molar-refractivity contribution in [1.82, 2.24) is 5.32 Å². The lowest BCUT2D eigenvalue weighted by atomic mass is 10.2. The molecule has 1 rings (SSSR count). The maximum Gasteiger partial charge on any atom is 0.127 e. The lowest BCUT2D eigenvalue weighted by molar-refractivity contribution is 0.199. The third kappa shape index (κ3) is 5.77. The van der Waals surface area contributed by atoms with Crippen molar-refractivity contribution in [1.29, 1.82) is 0 Å². The first kappa shape index (κ1) is 15.5. The summed E-state index contributed by atoms with van der Waals surface area (Å²) in [4.78, 5) is 0. The Bertz CT molecular complexity index is 391. The molecular weight excluding hydrogens is 242 g/mol. The van der Waals surface area contributed by atoms with Gasteiger partial charge in [0.1, 0.15) is 18.1 Å². The molecule has 0 saturated heterocycles. The molecule has 0 heterocycles. The summed E-state index contributed by atoms with van der Waals surface area (Å²) in [6, 6.07) is 5.87. The van der Waals surface area contributed by atoms with Crippen molar-refractivity contribution in [2.45, 2.75) is 13.5 Å². The van der Waals surface area contributed by atoms with Crippen molar-refractivity contribution >= 4 is 0 Å². The molecule has 0 radical (unpaired) electrons. The molecule has 4 heteroatoms. The fraction of sp³-hybridized carbons (Fsp3) is 0.467. The van der Waals surface area contributed by atoms with Crippen LogP contribution in [0.1, 0.15) is 12.5 Å². The van der Waals surface area contributed by atoms with Gasteiger partial charge in [-0.1, -0.05) is 18.2 Å². The normalized spacial score (nSPS) is 10.9. The molecule has 1 N–H and O–H groups in total. The first-order valence-corrected chi connectivity index (χ1v) is 6.42. The van der Waals surface area contributed by atoms with Crippen molar-refractivity contribution in [2.75, 3.05) is 34.0 Å². The van der Waals surface area contributed by atoms with Gasteiger partial charge in [0.15, 0.2) is 0 Å². The Morgan fingerprint density at radius 1 is 1.26 bits per heavy atom. The van der Waals surface area contributed by atoms with E-state index in [4.69, 9.17) is 14.2 Å². The van der Waals surface area contributed by atoms with Gasteiger partial charge in [0.2, 0.25) is 0 Å². The van der Waals surface area contributed by atoms with Crippen molar-refractivity contribution in [3.05, 3.63) is 35.9 Å². The zero-order chi connectivity index (χ0) is 13.9. The number of rotatable bonds is 9. The molecule has 19 heavy (non-hydrogen) atoms. The second-order valence-corrected chi connectivity index (χ2v) is 4.02.